The van der Waals surface area contributed by atoms with Crippen LogP contribution in [-0.4, -0.2) is 16.3 Å². The summed E-state index contributed by atoms with van der Waals surface area (Å²) in [7, 11) is 2.06. The van der Waals surface area contributed by atoms with E-state index in [9.17, 15) is 0 Å². The maximum atomic E-state index is 6.06. The molecule has 3 nitrogen and oxygen atoms in total. The second kappa shape index (κ2) is 3.84. The molecular weight excluding hydrogens is 210 g/mol. The van der Waals surface area contributed by atoms with Crippen molar-refractivity contribution >= 4 is 0 Å². The zero-order valence-corrected chi connectivity index (χ0v) is 10.9. The molecule has 0 spiro atoms. The SMILES string of the molecule is CCc1cc(CC2(CN)CC3CC3C2)n(C)n1. The van der Waals surface area contributed by atoms with Crippen LogP contribution in [0.1, 0.15) is 37.6 Å². The van der Waals surface area contributed by atoms with Crippen molar-refractivity contribution in [2.75, 3.05) is 6.54 Å². The third-order valence-electron chi connectivity index (χ3n) is 4.84. The van der Waals surface area contributed by atoms with Crippen LogP contribution in [0, 0.1) is 17.3 Å². The van der Waals surface area contributed by atoms with Gasteiger partial charge in [-0.2, -0.15) is 5.10 Å². The van der Waals surface area contributed by atoms with Crippen molar-refractivity contribution in [3.05, 3.63) is 17.5 Å². The van der Waals surface area contributed by atoms with Gasteiger partial charge in [-0.15, -0.1) is 0 Å². The van der Waals surface area contributed by atoms with Gasteiger partial charge >= 0.3 is 0 Å². The largest absolute Gasteiger partial charge is 0.330 e. The lowest BCUT2D eigenvalue weighted by Crippen LogP contribution is -2.32. The first-order valence-corrected chi connectivity index (χ1v) is 6.87. The Morgan fingerprint density at radius 1 is 1.47 bits per heavy atom. The van der Waals surface area contributed by atoms with Gasteiger partial charge in [0.05, 0.1) is 5.69 Å². The molecule has 1 heterocycles. The lowest BCUT2D eigenvalue weighted by molar-refractivity contribution is 0.267. The lowest BCUT2D eigenvalue weighted by atomic mass is 9.79. The van der Waals surface area contributed by atoms with Gasteiger partial charge in [0.2, 0.25) is 0 Å². The number of rotatable bonds is 4. The average molecular weight is 233 g/mol. The fourth-order valence-electron chi connectivity index (χ4n) is 3.68. The zero-order chi connectivity index (χ0) is 12.0. The molecule has 2 saturated carbocycles. The number of fused-ring (bicyclic) bond motifs is 1. The van der Waals surface area contributed by atoms with Crippen molar-refractivity contribution in [3.63, 3.8) is 0 Å². The Morgan fingerprint density at radius 2 is 2.18 bits per heavy atom. The molecule has 2 atom stereocenters. The van der Waals surface area contributed by atoms with Crippen LogP contribution >= 0.6 is 0 Å². The molecule has 2 aliphatic carbocycles. The number of nitrogens with zero attached hydrogens (tertiary/aromatic N) is 2. The summed E-state index contributed by atoms with van der Waals surface area (Å²) in [5.74, 6) is 2.00. The molecule has 0 saturated heterocycles. The summed E-state index contributed by atoms with van der Waals surface area (Å²) in [6.07, 6.45) is 6.31. The number of aryl methyl sites for hydroxylation is 2. The minimum atomic E-state index is 0.381. The van der Waals surface area contributed by atoms with Crippen molar-refractivity contribution in [2.45, 2.75) is 39.0 Å². The van der Waals surface area contributed by atoms with E-state index >= 15 is 0 Å². The quantitative estimate of drug-likeness (QED) is 0.863. The van der Waals surface area contributed by atoms with Gasteiger partial charge in [0.15, 0.2) is 0 Å². The van der Waals surface area contributed by atoms with E-state index in [-0.39, 0.29) is 0 Å². The van der Waals surface area contributed by atoms with E-state index < -0.39 is 0 Å². The molecular formula is C14H23N3. The molecule has 2 aliphatic rings. The maximum absolute atomic E-state index is 6.06. The smallest absolute Gasteiger partial charge is 0.0624 e. The minimum absolute atomic E-state index is 0.381. The van der Waals surface area contributed by atoms with Crippen LogP contribution in [0.5, 0.6) is 0 Å². The second-order valence-corrected chi connectivity index (χ2v) is 6.15. The minimum Gasteiger partial charge on any atom is -0.330 e. The van der Waals surface area contributed by atoms with Gasteiger partial charge in [-0.05, 0) is 62.0 Å². The van der Waals surface area contributed by atoms with E-state index in [2.05, 4.69) is 29.8 Å². The van der Waals surface area contributed by atoms with E-state index in [4.69, 9.17) is 5.73 Å². The standard InChI is InChI=1S/C14H23N3/c1-3-12-5-13(17(2)16-12)8-14(9-15)6-10-4-11(10)7-14/h5,10-11H,3-4,6-9,15H2,1-2H3. The van der Waals surface area contributed by atoms with Gasteiger partial charge in [0.25, 0.3) is 0 Å². The molecule has 17 heavy (non-hydrogen) atoms. The maximum Gasteiger partial charge on any atom is 0.0624 e. The zero-order valence-electron chi connectivity index (χ0n) is 10.9. The van der Waals surface area contributed by atoms with Crippen LogP contribution in [0.15, 0.2) is 6.07 Å². The third-order valence-corrected chi connectivity index (χ3v) is 4.84. The summed E-state index contributed by atoms with van der Waals surface area (Å²) in [4.78, 5) is 0. The number of hydrogen-bond acceptors (Lipinski definition) is 2. The fourth-order valence-corrected chi connectivity index (χ4v) is 3.68. The first kappa shape index (κ1) is 11.3. The van der Waals surface area contributed by atoms with Crippen molar-refractivity contribution in [2.24, 2.45) is 30.0 Å². The molecule has 0 aromatic carbocycles. The van der Waals surface area contributed by atoms with Crippen molar-refractivity contribution in [1.82, 2.24) is 9.78 Å². The highest BCUT2D eigenvalue weighted by atomic mass is 15.3. The normalized spacial score (nSPS) is 35.0. The van der Waals surface area contributed by atoms with Gasteiger partial charge in [0.1, 0.15) is 0 Å². The summed E-state index contributed by atoms with van der Waals surface area (Å²) in [6, 6.07) is 2.27. The summed E-state index contributed by atoms with van der Waals surface area (Å²) in [5, 5.41) is 4.54. The van der Waals surface area contributed by atoms with Crippen molar-refractivity contribution in [1.29, 1.82) is 0 Å². The topological polar surface area (TPSA) is 43.8 Å². The predicted molar refractivity (Wildman–Crippen MR) is 68.6 cm³/mol. The van der Waals surface area contributed by atoms with E-state index in [1.54, 1.807) is 0 Å². The molecule has 0 radical (unpaired) electrons. The lowest BCUT2D eigenvalue weighted by Gasteiger charge is -2.29. The molecule has 0 amide bonds. The van der Waals surface area contributed by atoms with Crippen LogP contribution in [0.3, 0.4) is 0 Å². The van der Waals surface area contributed by atoms with Gasteiger partial charge in [-0.25, -0.2) is 0 Å². The van der Waals surface area contributed by atoms with E-state index in [0.29, 0.717) is 5.41 Å². The molecule has 94 valence electrons. The Bertz CT molecular complexity index is 411. The first-order valence-electron chi connectivity index (χ1n) is 6.87. The van der Waals surface area contributed by atoms with E-state index in [1.807, 2.05) is 0 Å². The Balaban J connectivity index is 1.78. The third kappa shape index (κ3) is 1.90. The van der Waals surface area contributed by atoms with Crippen LogP contribution in [0.25, 0.3) is 0 Å². The van der Waals surface area contributed by atoms with Gasteiger partial charge < -0.3 is 5.73 Å². The number of aromatic nitrogens is 2. The van der Waals surface area contributed by atoms with E-state index in [0.717, 1.165) is 31.2 Å². The monoisotopic (exact) mass is 233 g/mol. The van der Waals surface area contributed by atoms with E-state index in [1.165, 1.54) is 30.7 Å². The Morgan fingerprint density at radius 3 is 2.71 bits per heavy atom. The highest BCUT2D eigenvalue weighted by Crippen LogP contribution is 2.60. The summed E-state index contributed by atoms with van der Waals surface area (Å²) < 4.78 is 2.06. The molecule has 3 rings (SSSR count). The number of hydrogen-bond donors (Lipinski definition) is 1. The summed E-state index contributed by atoms with van der Waals surface area (Å²) in [5.41, 5.74) is 9.02. The Kier molecular flexibility index (Phi) is 2.54. The molecule has 3 heteroatoms. The molecule has 1 aromatic rings. The van der Waals surface area contributed by atoms with Gasteiger partial charge in [-0.1, -0.05) is 6.92 Å². The molecule has 2 fully saturated rings. The molecule has 1 aromatic heterocycles. The second-order valence-electron chi connectivity index (χ2n) is 6.15. The first-order chi connectivity index (χ1) is 8.15. The van der Waals surface area contributed by atoms with Crippen LogP contribution < -0.4 is 5.73 Å². The average Bonchev–Trinajstić information content (AvgIpc) is 2.79. The van der Waals surface area contributed by atoms with Crippen LogP contribution in [0.4, 0.5) is 0 Å². The molecule has 2 unspecified atom stereocenters. The summed E-state index contributed by atoms with van der Waals surface area (Å²) >= 11 is 0. The fraction of sp³-hybridized carbons (Fsp3) is 0.786. The van der Waals surface area contributed by atoms with Crippen LogP contribution in [0.2, 0.25) is 0 Å². The molecule has 2 N–H and O–H groups in total. The Labute approximate surface area is 103 Å². The van der Waals surface area contributed by atoms with Gasteiger partial charge in [-0.3, -0.25) is 4.68 Å². The van der Waals surface area contributed by atoms with Gasteiger partial charge in [0, 0.05) is 12.7 Å². The molecule has 0 aliphatic heterocycles. The predicted octanol–water partition coefficient (Wildman–Crippen LogP) is 1.90. The highest BCUT2D eigenvalue weighted by molar-refractivity contribution is 5.15. The van der Waals surface area contributed by atoms with Crippen molar-refractivity contribution < 1.29 is 0 Å². The Hall–Kier alpha value is -0.830. The van der Waals surface area contributed by atoms with Crippen molar-refractivity contribution in [3.8, 4) is 0 Å². The summed E-state index contributed by atoms with van der Waals surface area (Å²) in [6.45, 7) is 3.00. The van der Waals surface area contributed by atoms with Crippen LogP contribution in [-0.2, 0) is 19.9 Å². The molecule has 0 bridgehead atoms. The highest BCUT2D eigenvalue weighted by Gasteiger charge is 2.53. The number of nitrogens with two attached hydrogens (primary N) is 1.